The topological polar surface area (TPSA) is 61.5 Å². The molecule has 0 amide bonds. The second kappa shape index (κ2) is 3.87. The summed E-state index contributed by atoms with van der Waals surface area (Å²) in [5.41, 5.74) is 5.10. The van der Waals surface area contributed by atoms with Gasteiger partial charge in [-0.1, -0.05) is 0 Å². The molecule has 0 aromatic heterocycles. The predicted molar refractivity (Wildman–Crippen MR) is 43.6 cm³/mol. The lowest BCUT2D eigenvalue weighted by Crippen LogP contribution is -2.28. The summed E-state index contributed by atoms with van der Waals surface area (Å²) >= 11 is 0. The maximum atomic E-state index is 11.3. The SMILES string of the molecule is COCCOC(=O)C1(CN)CC1. The molecule has 0 bridgehead atoms. The summed E-state index contributed by atoms with van der Waals surface area (Å²) < 4.78 is 9.71. The van der Waals surface area contributed by atoms with E-state index in [1.165, 1.54) is 0 Å². The second-order valence-electron chi connectivity index (χ2n) is 3.11. The van der Waals surface area contributed by atoms with Gasteiger partial charge < -0.3 is 15.2 Å². The molecule has 2 N–H and O–H groups in total. The largest absolute Gasteiger partial charge is 0.463 e. The van der Waals surface area contributed by atoms with Gasteiger partial charge in [0.25, 0.3) is 0 Å². The van der Waals surface area contributed by atoms with Gasteiger partial charge in [0.05, 0.1) is 12.0 Å². The number of hydrogen-bond acceptors (Lipinski definition) is 4. The van der Waals surface area contributed by atoms with E-state index < -0.39 is 0 Å². The van der Waals surface area contributed by atoms with Crippen molar-refractivity contribution in [2.24, 2.45) is 11.1 Å². The lowest BCUT2D eigenvalue weighted by molar-refractivity contribution is -0.151. The van der Waals surface area contributed by atoms with Crippen molar-refractivity contribution in [1.29, 1.82) is 0 Å². The first-order chi connectivity index (χ1) is 5.75. The first kappa shape index (κ1) is 9.48. The van der Waals surface area contributed by atoms with Gasteiger partial charge in [0.1, 0.15) is 6.61 Å². The van der Waals surface area contributed by atoms with E-state index in [0.717, 1.165) is 12.8 Å². The Bertz CT molecular complexity index is 166. The van der Waals surface area contributed by atoms with Crippen molar-refractivity contribution in [1.82, 2.24) is 0 Å². The van der Waals surface area contributed by atoms with Crippen LogP contribution < -0.4 is 5.73 Å². The molecule has 1 aliphatic rings. The van der Waals surface area contributed by atoms with Gasteiger partial charge in [0, 0.05) is 13.7 Å². The monoisotopic (exact) mass is 173 g/mol. The Morgan fingerprint density at radius 1 is 1.50 bits per heavy atom. The summed E-state index contributed by atoms with van der Waals surface area (Å²) in [5.74, 6) is -0.165. The Labute approximate surface area is 72.0 Å². The zero-order chi connectivity index (χ0) is 9.03. The number of nitrogens with two attached hydrogens (primary N) is 1. The Balaban J connectivity index is 2.20. The third-order valence-electron chi connectivity index (χ3n) is 2.20. The number of carbonyl (C=O) groups excluding carboxylic acids is 1. The average Bonchev–Trinajstić information content (AvgIpc) is 2.85. The fourth-order valence-corrected chi connectivity index (χ4v) is 1.01. The van der Waals surface area contributed by atoms with Gasteiger partial charge in [0.2, 0.25) is 0 Å². The fraction of sp³-hybridized carbons (Fsp3) is 0.875. The highest BCUT2D eigenvalue weighted by molar-refractivity contribution is 5.80. The van der Waals surface area contributed by atoms with Crippen molar-refractivity contribution in [3.8, 4) is 0 Å². The molecule has 12 heavy (non-hydrogen) atoms. The molecule has 0 radical (unpaired) electrons. The van der Waals surface area contributed by atoms with Crippen LogP contribution in [0.3, 0.4) is 0 Å². The summed E-state index contributed by atoms with van der Waals surface area (Å²) in [7, 11) is 1.57. The number of methoxy groups -OCH3 is 1. The maximum absolute atomic E-state index is 11.3. The van der Waals surface area contributed by atoms with Gasteiger partial charge in [0.15, 0.2) is 0 Å². The Morgan fingerprint density at radius 3 is 2.58 bits per heavy atom. The second-order valence-corrected chi connectivity index (χ2v) is 3.11. The molecule has 0 unspecified atom stereocenters. The number of carbonyl (C=O) groups is 1. The molecule has 0 saturated heterocycles. The van der Waals surface area contributed by atoms with E-state index in [1.807, 2.05) is 0 Å². The van der Waals surface area contributed by atoms with Crippen molar-refractivity contribution in [3.63, 3.8) is 0 Å². The van der Waals surface area contributed by atoms with Crippen LogP contribution in [0.1, 0.15) is 12.8 Å². The van der Waals surface area contributed by atoms with Crippen molar-refractivity contribution in [2.75, 3.05) is 26.9 Å². The standard InChI is InChI=1S/C8H15NO3/c1-11-4-5-12-7(10)8(6-9)2-3-8/h2-6,9H2,1H3. The predicted octanol–water partition coefficient (Wildman–Crippen LogP) is -0.0851. The van der Waals surface area contributed by atoms with E-state index in [-0.39, 0.29) is 11.4 Å². The minimum atomic E-state index is -0.340. The van der Waals surface area contributed by atoms with Crippen LogP contribution in [0.4, 0.5) is 0 Å². The molecule has 0 aromatic rings. The molecule has 4 nitrogen and oxygen atoms in total. The quantitative estimate of drug-likeness (QED) is 0.466. The highest BCUT2D eigenvalue weighted by Gasteiger charge is 2.50. The van der Waals surface area contributed by atoms with E-state index in [4.69, 9.17) is 15.2 Å². The highest BCUT2D eigenvalue weighted by atomic mass is 16.6. The first-order valence-corrected chi connectivity index (χ1v) is 4.11. The van der Waals surface area contributed by atoms with E-state index in [0.29, 0.717) is 19.8 Å². The average molecular weight is 173 g/mol. The van der Waals surface area contributed by atoms with Crippen LogP contribution in [0, 0.1) is 5.41 Å². The normalized spacial score (nSPS) is 18.8. The third-order valence-corrected chi connectivity index (χ3v) is 2.20. The molecule has 4 heteroatoms. The summed E-state index contributed by atoms with van der Waals surface area (Å²) in [6.07, 6.45) is 1.74. The van der Waals surface area contributed by atoms with Crippen LogP contribution >= 0.6 is 0 Å². The van der Waals surface area contributed by atoms with Crippen LogP contribution in [0.25, 0.3) is 0 Å². The molecule has 0 spiro atoms. The fourth-order valence-electron chi connectivity index (χ4n) is 1.01. The van der Waals surface area contributed by atoms with Gasteiger partial charge >= 0.3 is 5.97 Å². The molecule has 1 fully saturated rings. The van der Waals surface area contributed by atoms with Crippen molar-refractivity contribution in [3.05, 3.63) is 0 Å². The van der Waals surface area contributed by atoms with Gasteiger partial charge in [-0.25, -0.2) is 0 Å². The number of esters is 1. The van der Waals surface area contributed by atoms with Crippen LogP contribution in [0.2, 0.25) is 0 Å². The highest BCUT2D eigenvalue weighted by Crippen LogP contribution is 2.45. The molecule has 0 atom stereocenters. The van der Waals surface area contributed by atoms with E-state index in [2.05, 4.69) is 0 Å². The zero-order valence-electron chi connectivity index (χ0n) is 7.34. The lowest BCUT2D eigenvalue weighted by atomic mass is 10.1. The Hall–Kier alpha value is -0.610. The molecular weight excluding hydrogens is 158 g/mol. The molecular formula is C8H15NO3. The van der Waals surface area contributed by atoms with Crippen molar-refractivity contribution < 1.29 is 14.3 Å². The number of hydrogen-bond donors (Lipinski definition) is 1. The molecule has 1 rings (SSSR count). The van der Waals surface area contributed by atoms with E-state index >= 15 is 0 Å². The van der Waals surface area contributed by atoms with Gasteiger partial charge in [-0.2, -0.15) is 0 Å². The smallest absolute Gasteiger partial charge is 0.313 e. The molecule has 1 aliphatic carbocycles. The van der Waals surface area contributed by atoms with Gasteiger partial charge in [-0.05, 0) is 12.8 Å². The van der Waals surface area contributed by atoms with Crippen LogP contribution in [0.15, 0.2) is 0 Å². The van der Waals surface area contributed by atoms with E-state index in [1.54, 1.807) is 7.11 Å². The van der Waals surface area contributed by atoms with E-state index in [9.17, 15) is 4.79 Å². The van der Waals surface area contributed by atoms with Crippen molar-refractivity contribution in [2.45, 2.75) is 12.8 Å². The van der Waals surface area contributed by atoms with Crippen molar-refractivity contribution >= 4 is 5.97 Å². The minimum Gasteiger partial charge on any atom is -0.463 e. The molecule has 1 saturated carbocycles. The summed E-state index contributed by atoms with van der Waals surface area (Å²) in [5, 5.41) is 0. The molecule has 0 heterocycles. The molecule has 70 valence electrons. The Kier molecular flexibility index (Phi) is 3.05. The van der Waals surface area contributed by atoms with Crippen LogP contribution in [-0.4, -0.2) is 32.8 Å². The van der Waals surface area contributed by atoms with Crippen LogP contribution in [0.5, 0.6) is 0 Å². The van der Waals surface area contributed by atoms with Gasteiger partial charge in [-0.3, -0.25) is 4.79 Å². The molecule has 0 aliphatic heterocycles. The van der Waals surface area contributed by atoms with Gasteiger partial charge in [-0.15, -0.1) is 0 Å². The minimum absolute atomic E-state index is 0.165. The van der Waals surface area contributed by atoms with Crippen LogP contribution in [-0.2, 0) is 14.3 Å². The lowest BCUT2D eigenvalue weighted by Gasteiger charge is -2.10. The first-order valence-electron chi connectivity index (χ1n) is 4.11. The zero-order valence-corrected chi connectivity index (χ0v) is 7.34. The number of rotatable bonds is 5. The maximum Gasteiger partial charge on any atom is 0.313 e. The summed E-state index contributed by atoms with van der Waals surface area (Å²) in [4.78, 5) is 11.3. The molecule has 0 aromatic carbocycles. The third kappa shape index (κ3) is 1.95. The summed E-state index contributed by atoms with van der Waals surface area (Å²) in [6, 6.07) is 0. The Morgan fingerprint density at radius 2 is 2.17 bits per heavy atom. The summed E-state index contributed by atoms with van der Waals surface area (Å²) in [6.45, 7) is 1.18. The number of ether oxygens (including phenoxy) is 2.